The van der Waals surface area contributed by atoms with Crippen LogP contribution < -0.4 is 10.0 Å². The predicted octanol–water partition coefficient (Wildman–Crippen LogP) is 0.781. The van der Waals surface area contributed by atoms with Crippen molar-refractivity contribution in [3.05, 3.63) is 23.7 Å². The van der Waals surface area contributed by atoms with Gasteiger partial charge in [0.15, 0.2) is 0 Å². The normalized spacial score (nSPS) is 11.9. The molecule has 0 aromatic carbocycles. The van der Waals surface area contributed by atoms with Gasteiger partial charge in [-0.3, -0.25) is 0 Å². The van der Waals surface area contributed by atoms with Gasteiger partial charge in [0.05, 0.1) is 18.6 Å². The summed E-state index contributed by atoms with van der Waals surface area (Å²) in [6, 6.07) is 3.89. The van der Waals surface area contributed by atoms with Crippen molar-refractivity contribution in [2.24, 2.45) is 0 Å². The van der Waals surface area contributed by atoms with Gasteiger partial charge in [-0.2, -0.15) is 11.8 Å². The Morgan fingerprint density at radius 1 is 1.29 bits per heavy atom. The van der Waals surface area contributed by atoms with Crippen molar-refractivity contribution in [3.63, 3.8) is 0 Å². The fourth-order valence-electron chi connectivity index (χ4n) is 1.27. The molecule has 0 amide bonds. The Morgan fingerprint density at radius 2 is 2.00 bits per heavy atom. The van der Waals surface area contributed by atoms with E-state index in [1.54, 1.807) is 11.8 Å². The zero-order chi connectivity index (χ0) is 12.7. The standard InChI is InChI=1S/C10H18N2O3S2/c1-16-8-10-4-3-9(15-10)7-11-5-6-12-17(2,13)14/h3-4,11-12H,5-8H2,1-2H3. The van der Waals surface area contributed by atoms with Crippen LogP contribution >= 0.6 is 11.8 Å². The van der Waals surface area contributed by atoms with Crippen molar-refractivity contribution in [2.75, 3.05) is 25.6 Å². The number of thioether (sulfide) groups is 1. The predicted molar refractivity (Wildman–Crippen MR) is 70.5 cm³/mol. The molecule has 1 rings (SSSR count). The molecule has 1 aromatic heterocycles. The molecule has 0 bridgehead atoms. The van der Waals surface area contributed by atoms with Crippen LogP contribution in [-0.4, -0.2) is 34.0 Å². The topological polar surface area (TPSA) is 71.3 Å². The fourth-order valence-corrected chi connectivity index (χ4v) is 2.19. The maximum atomic E-state index is 10.8. The van der Waals surface area contributed by atoms with E-state index in [0.717, 1.165) is 23.5 Å². The van der Waals surface area contributed by atoms with Crippen molar-refractivity contribution in [2.45, 2.75) is 12.3 Å². The molecule has 0 spiro atoms. The molecular formula is C10H18N2O3S2. The van der Waals surface area contributed by atoms with Gasteiger partial charge in [0.2, 0.25) is 10.0 Å². The van der Waals surface area contributed by atoms with Crippen LogP contribution in [0.15, 0.2) is 16.5 Å². The lowest BCUT2D eigenvalue weighted by Gasteiger charge is -2.03. The SMILES string of the molecule is CSCc1ccc(CNCCNS(C)(=O)=O)o1. The second-order valence-electron chi connectivity index (χ2n) is 3.64. The number of hydrogen-bond acceptors (Lipinski definition) is 5. The molecule has 0 saturated heterocycles. The Kier molecular flexibility index (Phi) is 6.04. The molecule has 0 aliphatic rings. The number of rotatable bonds is 8. The second-order valence-corrected chi connectivity index (χ2v) is 6.34. The van der Waals surface area contributed by atoms with E-state index in [4.69, 9.17) is 4.42 Å². The fraction of sp³-hybridized carbons (Fsp3) is 0.600. The van der Waals surface area contributed by atoms with E-state index in [9.17, 15) is 8.42 Å². The van der Waals surface area contributed by atoms with E-state index in [2.05, 4.69) is 10.0 Å². The first-order valence-electron chi connectivity index (χ1n) is 5.23. The minimum atomic E-state index is -3.09. The summed E-state index contributed by atoms with van der Waals surface area (Å²) in [5, 5.41) is 3.10. The maximum Gasteiger partial charge on any atom is 0.208 e. The maximum absolute atomic E-state index is 10.8. The average Bonchev–Trinajstić information content (AvgIpc) is 2.64. The lowest BCUT2D eigenvalue weighted by atomic mass is 10.4. The second kappa shape index (κ2) is 7.05. The third-order valence-corrected chi connectivity index (χ3v) is 3.27. The highest BCUT2D eigenvalue weighted by molar-refractivity contribution is 7.97. The van der Waals surface area contributed by atoms with Gasteiger partial charge in [0.25, 0.3) is 0 Å². The van der Waals surface area contributed by atoms with E-state index in [1.165, 1.54) is 0 Å². The molecule has 2 N–H and O–H groups in total. The molecule has 0 unspecified atom stereocenters. The third-order valence-electron chi connectivity index (χ3n) is 1.97. The number of furan rings is 1. The van der Waals surface area contributed by atoms with Crippen LogP contribution in [0, 0.1) is 0 Å². The molecule has 17 heavy (non-hydrogen) atoms. The van der Waals surface area contributed by atoms with Crippen LogP contribution in [0.4, 0.5) is 0 Å². The monoisotopic (exact) mass is 278 g/mol. The molecule has 0 aliphatic heterocycles. The lowest BCUT2D eigenvalue weighted by Crippen LogP contribution is -2.30. The summed E-state index contributed by atoms with van der Waals surface area (Å²) in [6.07, 6.45) is 3.17. The smallest absolute Gasteiger partial charge is 0.208 e. The molecule has 98 valence electrons. The number of sulfonamides is 1. The molecule has 1 heterocycles. The van der Waals surface area contributed by atoms with Gasteiger partial charge < -0.3 is 9.73 Å². The van der Waals surface area contributed by atoms with E-state index < -0.39 is 10.0 Å². The molecular weight excluding hydrogens is 260 g/mol. The minimum absolute atomic E-state index is 0.386. The Hall–Kier alpha value is -0.500. The Labute approximate surface area is 106 Å². The van der Waals surface area contributed by atoms with Gasteiger partial charge in [-0.15, -0.1) is 0 Å². The van der Waals surface area contributed by atoms with Gasteiger partial charge in [0.1, 0.15) is 11.5 Å². The molecule has 0 saturated carbocycles. The van der Waals surface area contributed by atoms with Gasteiger partial charge in [-0.05, 0) is 18.4 Å². The first-order valence-corrected chi connectivity index (χ1v) is 8.51. The van der Waals surface area contributed by atoms with Gasteiger partial charge in [-0.1, -0.05) is 0 Å². The van der Waals surface area contributed by atoms with Crippen molar-refractivity contribution < 1.29 is 12.8 Å². The van der Waals surface area contributed by atoms with Crippen molar-refractivity contribution in [3.8, 4) is 0 Å². The third kappa shape index (κ3) is 6.72. The van der Waals surface area contributed by atoms with E-state index in [-0.39, 0.29) is 0 Å². The summed E-state index contributed by atoms with van der Waals surface area (Å²) in [6.45, 7) is 1.57. The van der Waals surface area contributed by atoms with Crippen molar-refractivity contribution in [1.29, 1.82) is 0 Å². The van der Waals surface area contributed by atoms with Crippen molar-refractivity contribution in [1.82, 2.24) is 10.0 Å². The van der Waals surface area contributed by atoms with Gasteiger partial charge >= 0.3 is 0 Å². The first-order chi connectivity index (χ1) is 8.01. The van der Waals surface area contributed by atoms with Crippen LogP contribution in [0.1, 0.15) is 11.5 Å². The molecule has 5 nitrogen and oxygen atoms in total. The summed E-state index contributed by atoms with van der Waals surface area (Å²) in [5.74, 6) is 2.70. The van der Waals surface area contributed by atoms with Gasteiger partial charge in [-0.25, -0.2) is 13.1 Å². The highest BCUT2D eigenvalue weighted by Gasteiger charge is 2.02. The number of nitrogens with one attached hydrogen (secondary N) is 2. The Bertz CT molecular complexity index is 429. The first kappa shape index (κ1) is 14.6. The van der Waals surface area contributed by atoms with E-state index >= 15 is 0 Å². The summed E-state index contributed by atoms with van der Waals surface area (Å²) < 4.78 is 29.5. The minimum Gasteiger partial charge on any atom is -0.464 e. The van der Waals surface area contributed by atoms with Gasteiger partial charge in [0, 0.05) is 13.1 Å². The molecule has 0 fully saturated rings. The Morgan fingerprint density at radius 3 is 2.65 bits per heavy atom. The van der Waals surface area contributed by atoms with Crippen LogP contribution in [0.5, 0.6) is 0 Å². The average molecular weight is 278 g/mol. The number of hydrogen-bond donors (Lipinski definition) is 2. The van der Waals surface area contributed by atoms with Crippen molar-refractivity contribution >= 4 is 21.8 Å². The lowest BCUT2D eigenvalue weighted by molar-refractivity contribution is 0.460. The van der Waals surface area contributed by atoms with E-state index in [1.807, 2.05) is 18.4 Å². The summed E-state index contributed by atoms with van der Waals surface area (Å²) >= 11 is 1.71. The highest BCUT2D eigenvalue weighted by atomic mass is 32.2. The van der Waals surface area contributed by atoms with E-state index in [0.29, 0.717) is 19.6 Å². The highest BCUT2D eigenvalue weighted by Crippen LogP contribution is 2.12. The summed E-state index contributed by atoms with van der Waals surface area (Å²) in [4.78, 5) is 0. The quantitative estimate of drug-likeness (QED) is 0.688. The summed E-state index contributed by atoms with van der Waals surface area (Å²) in [5.41, 5.74) is 0. The Balaban J connectivity index is 2.17. The molecule has 0 atom stereocenters. The van der Waals surface area contributed by atoms with Crippen LogP contribution in [0.25, 0.3) is 0 Å². The van der Waals surface area contributed by atoms with Crippen LogP contribution in [0.3, 0.4) is 0 Å². The molecule has 0 aliphatic carbocycles. The van der Waals surface area contributed by atoms with Crippen LogP contribution in [-0.2, 0) is 22.3 Å². The summed E-state index contributed by atoms with van der Waals surface area (Å²) in [7, 11) is -3.09. The van der Waals surface area contributed by atoms with Crippen LogP contribution in [0.2, 0.25) is 0 Å². The molecule has 1 aromatic rings. The zero-order valence-corrected chi connectivity index (χ0v) is 11.7. The molecule has 0 radical (unpaired) electrons. The zero-order valence-electron chi connectivity index (χ0n) is 10.0. The largest absolute Gasteiger partial charge is 0.464 e. The molecule has 7 heteroatoms.